The van der Waals surface area contributed by atoms with Gasteiger partial charge in [0.2, 0.25) is 0 Å². The molecule has 7 nitrogen and oxygen atoms in total. The van der Waals surface area contributed by atoms with Gasteiger partial charge < -0.3 is 24.4 Å². The zero-order valence-electron chi connectivity index (χ0n) is 18.2. The zero-order valence-corrected chi connectivity index (χ0v) is 18.2. The molecule has 0 aliphatic carbocycles. The van der Waals surface area contributed by atoms with Crippen LogP contribution in [0, 0.1) is 0 Å². The molecule has 1 atom stereocenters. The van der Waals surface area contributed by atoms with Gasteiger partial charge in [-0.25, -0.2) is 0 Å². The Morgan fingerprint density at radius 3 is 2.40 bits per heavy atom. The van der Waals surface area contributed by atoms with Crippen LogP contribution in [-0.2, 0) is 4.74 Å². The summed E-state index contributed by atoms with van der Waals surface area (Å²) in [4.78, 5) is 17.3. The number of ether oxygens (including phenoxy) is 3. The fraction of sp³-hybridized carbons (Fsp3) is 0.435. The summed E-state index contributed by atoms with van der Waals surface area (Å²) in [6.07, 6.45) is 0. The standard InChI is InChI=1S/C23H31N3O4/c1-25(2)18-7-5-17(6-8-18)21(26-11-13-30-14-12-26)16-24-23(27)20-10-9-19(28-3)15-22(20)29-4/h5-10,15,21H,11-14,16H2,1-4H3,(H,24,27)/t21-/m1/s1. The van der Waals surface area contributed by atoms with Gasteiger partial charge >= 0.3 is 0 Å². The highest BCUT2D eigenvalue weighted by Crippen LogP contribution is 2.26. The van der Waals surface area contributed by atoms with Gasteiger partial charge in [-0.1, -0.05) is 12.1 Å². The van der Waals surface area contributed by atoms with E-state index >= 15 is 0 Å². The van der Waals surface area contributed by atoms with Crippen molar-refractivity contribution in [1.82, 2.24) is 10.2 Å². The molecule has 3 rings (SSSR count). The van der Waals surface area contributed by atoms with Gasteiger partial charge in [-0.05, 0) is 29.8 Å². The highest BCUT2D eigenvalue weighted by Gasteiger charge is 2.24. The lowest BCUT2D eigenvalue weighted by Gasteiger charge is -2.35. The first-order valence-electron chi connectivity index (χ1n) is 10.1. The smallest absolute Gasteiger partial charge is 0.255 e. The van der Waals surface area contributed by atoms with E-state index in [4.69, 9.17) is 14.2 Å². The van der Waals surface area contributed by atoms with Crippen molar-refractivity contribution < 1.29 is 19.0 Å². The predicted molar refractivity (Wildman–Crippen MR) is 118 cm³/mol. The monoisotopic (exact) mass is 413 g/mol. The third kappa shape index (κ3) is 5.23. The molecule has 0 spiro atoms. The molecular formula is C23H31N3O4. The Morgan fingerprint density at radius 2 is 1.80 bits per heavy atom. The van der Waals surface area contributed by atoms with Gasteiger partial charge in [-0.15, -0.1) is 0 Å². The first kappa shape index (κ1) is 21.9. The molecule has 7 heteroatoms. The van der Waals surface area contributed by atoms with Crippen molar-refractivity contribution >= 4 is 11.6 Å². The maximum absolute atomic E-state index is 12.9. The maximum atomic E-state index is 12.9. The molecule has 0 unspecified atom stereocenters. The maximum Gasteiger partial charge on any atom is 0.255 e. The quantitative estimate of drug-likeness (QED) is 0.718. The number of nitrogens with one attached hydrogen (secondary N) is 1. The van der Waals surface area contributed by atoms with Crippen molar-refractivity contribution in [3.63, 3.8) is 0 Å². The zero-order chi connectivity index (χ0) is 21.5. The van der Waals surface area contributed by atoms with Crippen molar-refractivity contribution in [2.75, 3.05) is 66.1 Å². The van der Waals surface area contributed by atoms with Gasteiger partial charge in [-0.3, -0.25) is 9.69 Å². The van der Waals surface area contributed by atoms with E-state index in [2.05, 4.69) is 39.4 Å². The van der Waals surface area contributed by atoms with E-state index in [0.29, 0.717) is 36.8 Å². The van der Waals surface area contributed by atoms with Crippen molar-refractivity contribution in [1.29, 1.82) is 0 Å². The molecule has 1 fully saturated rings. The molecule has 0 bridgehead atoms. The average Bonchev–Trinajstić information content (AvgIpc) is 2.79. The minimum absolute atomic E-state index is 0.0679. The summed E-state index contributed by atoms with van der Waals surface area (Å²) < 4.78 is 16.1. The Bertz CT molecular complexity index is 833. The second-order valence-corrected chi connectivity index (χ2v) is 7.43. The average molecular weight is 414 g/mol. The van der Waals surface area contributed by atoms with Crippen LogP contribution in [0.15, 0.2) is 42.5 Å². The largest absolute Gasteiger partial charge is 0.497 e. The summed E-state index contributed by atoms with van der Waals surface area (Å²) >= 11 is 0. The predicted octanol–water partition coefficient (Wildman–Crippen LogP) is 2.57. The normalized spacial score (nSPS) is 15.3. The molecule has 1 heterocycles. The van der Waals surface area contributed by atoms with Gasteiger partial charge in [0.15, 0.2) is 0 Å². The second kappa shape index (κ2) is 10.3. The molecule has 2 aromatic rings. The van der Waals surface area contributed by atoms with Crippen molar-refractivity contribution in [2.45, 2.75) is 6.04 Å². The topological polar surface area (TPSA) is 63.3 Å². The SMILES string of the molecule is COc1ccc(C(=O)NC[C@H](c2ccc(N(C)C)cc2)N2CCOCC2)c(OC)c1. The summed E-state index contributed by atoms with van der Waals surface area (Å²) in [6.45, 7) is 3.57. The van der Waals surface area contributed by atoms with Crippen LogP contribution in [0.25, 0.3) is 0 Å². The molecule has 1 amide bonds. The number of carbonyl (C=O) groups is 1. The summed E-state index contributed by atoms with van der Waals surface area (Å²) in [6, 6.07) is 13.8. The highest BCUT2D eigenvalue weighted by molar-refractivity contribution is 5.97. The lowest BCUT2D eigenvalue weighted by Crippen LogP contribution is -2.43. The van der Waals surface area contributed by atoms with E-state index in [0.717, 1.165) is 18.8 Å². The summed E-state index contributed by atoms with van der Waals surface area (Å²) in [5.74, 6) is 0.971. The fourth-order valence-corrected chi connectivity index (χ4v) is 3.61. The van der Waals surface area contributed by atoms with Gasteiger partial charge in [0.1, 0.15) is 11.5 Å². The molecule has 0 aromatic heterocycles. The van der Waals surface area contributed by atoms with Crippen LogP contribution in [-0.4, -0.2) is 72.0 Å². The molecule has 162 valence electrons. The van der Waals surface area contributed by atoms with Crippen LogP contribution in [0.1, 0.15) is 22.0 Å². The third-order valence-corrected chi connectivity index (χ3v) is 5.39. The number of benzene rings is 2. The van der Waals surface area contributed by atoms with E-state index in [1.54, 1.807) is 32.4 Å². The van der Waals surface area contributed by atoms with Crippen molar-refractivity contribution in [3.8, 4) is 11.5 Å². The molecule has 30 heavy (non-hydrogen) atoms. The van der Waals surface area contributed by atoms with Crippen molar-refractivity contribution in [2.24, 2.45) is 0 Å². The molecule has 0 radical (unpaired) electrons. The molecule has 0 saturated carbocycles. The van der Waals surface area contributed by atoms with Crippen LogP contribution < -0.4 is 19.7 Å². The molecular weight excluding hydrogens is 382 g/mol. The fourth-order valence-electron chi connectivity index (χ4n) is 3.61. The van der Waals surface area contributed by atoms with E-state index in [1.165, 1.54) is 5.56 Å². The number of anilines is 1. The first-order chi connectivity index (χ1) is 14.5. The lowest BCUT2D eigenvalue weighted by atomic mass is 10.0. The van der Waals surface area contributed by atoms with Gasteiger partial charge in [0.05, 0.1) is 39.0 Å². The van der Waals surface area contributed by atoms with E-state index < -0.39 is 0 Å². The Labute approximate surface area is 178 Å². The van der Waals surface area contributed by atoms with E-state index in [-0.39, 0.29) is 11.9 Å². The minimum Gasteiger partial charge on any atom is -0.497 e. The van der Waals surface area contributed by atoms with Gasteiger partial charge in [-0.2, -0.15) is 0 Å². The number of hydrogen-bond acceptors (Lipinski definition) is 6. The van der Waals surface area contributed by atoms with Crippen LogP contribution in [0.3, 0.4) is 0 Å². The minimum atomic E-state index is -0.169. The van der Waals surface area contributed by atoms with Crippen LogP contribution in [0.4, 0.5) is 5.69 Å². The van der Waals surface area contributed by atoms with E-state index in [1.807, 2.05) is 14.1 Å². The second-order valence-electron chi connectivity index (χ2n) is 7.43. The highest BCUT2D eigenvalue weighted by atomic mass is 16.5. The molecule has 1 N–H and O–H groups in total. The molecule has 1 aliphatic heterocycles. The van der Waals surface area contributed by atoms with Gasteiger partial charge in [0, 0.05) is 45.5 Å². The summed E-state index contributed by atoms with van der Waals surface area (Å²) in [7, 11) is 7.19. The number of morpholine rings is 1. The third-order valence-electron chi connectivity index (χ3n) is 5.39. The Balaban J connectivity index is 1.77. The number of rotatable bonds is 8. The molecule has 1 saturated heterocycles. The lowest BCUT2D eigenvalue weighted by molar-refractivity contribution is 0.0162. The Morgan fingerprint density at radius 1 is 1.10 bits per heavy atom. The Hall–Kier alpha value is -2.77. The molecule has 2 aromatic carbocycles. The number of methoxy groups -OCH3 is 2. The Kier molecular flexibility index (Phi) is 7.54. The summed E-state index contributed by atoms with van der Waals surface area (Å²) in [5.41, 5.74) is 2.80. The number of nitrogens with zero attached hydrogens (tertiary/aromatic N) is 2. The van der Waals surface area contributed by atoms with E-state index in [9.17, 15) is 4.79 Å². The summed E-state index contributed by atoms with van der Waals surface area (Å²) in [5, 5.41) is 3.09. The van der Waals surface area contributed by atoms with Gasteiger partial charge in [0.25, 0.3) is 5.91 Å². The van der Waals surface area contributed by atoms with Crippen LogP contribution in [0.2, 0.25) is 0 Å². The molecule has 1 aliphatic rings. The van der Waals surface area contributed by atoms with Crippen LogP contribution in [0.5, 0.6) is 11.5 Å². The number of carbonyl (C=O) groups excluding carboxylic acids is 1. The number of amides is 1. The number of hydrogen-bond donors (Lipinski definition) is 1. The van der Waals surface area contributed by atoms with Crippen LogP contribution >= 0.6 is 0 Å². The first-order valence-corrected chi connectivity index (χ1v) is 10.1. The van der Waals surface area contributed by atoms with Crippen molar-refractivity contribution in [3.05, 3.63) is 53.6 Å².